The van der Waals surface area contributed by atoms with Crippen molar-refractivity contribution >= 4 is 5.69 Å². The van der Waals surface area contributed by atoms with Gasteiger partial charge in [-0.1, -0.05) is 13.8 Å². The molecule has 0 aliphatic heterocycles. The SMILES string of the molecule is CCN(C)c1ccc(OC)c(C(C)C)c1. The topological polar surface area (TPSA) is 12.5 Å². The Bertz CT molecular complexity index is 320. The molecular weight excluding hydrogens is 186 g/mol. The summed E-state index contributed by atoms with van der Waals surface area (Å²) in [6.07, 6.45) is 0. The zero-order valence-electron chi connectivity index (χ0n) is 10.4. The van der Waals surface area contributed by atoms with Gasteiger partial charge in [0.15, 0.2) is 0 Å². The normalized spacial score (nSPS) is 10.5. The van der Waals surface area contributed by atoms with Crippen LogP contribution < -0.4 is 9.64 Å². The van der Waals surface area contributed by atoms with Crippen molar-refractivity contribution in [3.05, 3.63) is 23.8 Å². The third-order valence-corrected chi connectivity index (χ3v) is 2.75. The maximum atomic E-state index is 5.36. The van der Waals surface area contributed by atoms with E-state index >= 15 is 0 Å². The number of rotatable bonds is 4. The van der Waals surface area contributed by atoms with Crippen molar-refractivity contribution in [1.82, 2.24) is 0 Å². The van der Waals surface area contributed by atoms with Crippen molar-refractivity contribution in [2.75, 3.05) is 25.6 Å². The molecule has 0 atom stereocenters. The molecule has 15 heavy (non-hydrogen) atoms. The highest BCUT2D eigenvalue weighted by Crippen LogP contribution is 2.30. The Hall–Kier alpha value is -1.18. The summed E-state index contributed by atoms with van der Waals surface area (Å²) in [5, 5.41) is 0. The van der Waals surface area contributed by atoms with Crippen LogP contribution in [0.1, 0.15) is 32.3 Å². The van der Waals surface area contributed by atoms with Gasteiger partial charge in [-0.2, -0.15) is 0 Å². The monoisotopic (exact) mass is 207 g/mol. The van der Waals surface area contributed by atoms with Gasteiger partial charge in [0.2, 0.25) is 0 Å². The van der Waals surface area contributed by atoms with Gasteiger partial charge in [-0.15, -0.1) is 0 Å². The zero-order valence-corrected chi connectivity index (χ0v) is 10.4. The number of methoxy groups -OCH3 is 1. The van der Waals surface area contributed by atoms with Gasteiger partial charge in [-0.05, 0) is 36.6 Å². The fraction of sp³-hybridized carbons (Fsp3) is 0.538. The summed E-state index contributed by atoms with van der Waals surface area (Å²) in [7, 11) is 3.83. The van der Waals surface area contributed by atoms with Crippen LogP contribution in [0.4, 0.5) is 5.69 Å². The van der Waals surface area contributed by atoms with Crippen molar-refractivity contribution in [1.29, 1.82) is 0 Å². The summed E-state index contributed by atoms with van der Waals surface area (Å²) in [6, 6.07) is 6.37. The van der Waals surface area contributed by atoms with Gasteiger partial charge in [-0.3, -0.25) is 0 Å². The minimum absolute atomic E-state index is 0.491. The lowest BCUT2D eigenvalue weighted by molar-refractivity contribution is 0.407. The third-order valence-electron chi connectivity index (χ3n) is 2.75. The first-order valence-electron chi connectivity index (χ1n) is 5.49. The van der Waals surface area contributed by atoms with Crippen LogP contribution in [0.5, 0.6) is 5.75 Å². The van der Waals surface area contributed by atoms with E-state index in [4.69, 9.17) is 4.74 Å². The van der Waals surface area contributed by atoms with E-state index in [1.165, 1.54) is 11.3 Å². The van der Waals surface area contributed by atoms with Crippen LogP contribution in [0.15, 0.2) is 18.2 Å². The summed E-state index contributed by atoms with van der Waals surface area (Å²) in [4.78, 5) is 2.23. The van der Waals surface area contributed by atoms with Gasteiger partial charge in [0.05, 0.1) is 7.11 Å². The van der Waals surface area contributed by atoms with Gasteiger partial charge in [-0.25, -0.2) is 0 Å². The summed E-state index contributed by atoms with van der Waals surface area (Å²) in [5.41, 5.74) is 2.53. The lowest BCUT2D eigenvalue weighted by Gasteiger charge is -2.20. The average molecular weight is 207 g/mol. The number of nitrogens with zero attached hydrogens (tertiary/aromatic N) is 1. The molecule has 0 N–H and O–H groups in total. The largest absolute Gasteiger partial charge is 0.496 e. The van der Waals surface area contributed by atoms with E-state index in [1.54, 1.807) is 7.11 Å². The Morgan fingerprint density at radius 1 is 1.33 bits per heavy atom. The van der Waals surface area contributed by atoms with E-state index in [-0.39, 0.29) is 0 Å². The molecule has 0 radical (unpaired) electrons. The van der Waals surface area contributed by atoms with E-state index in [0.29, 0.717) is 5.92 Å². The quantitative estimate of drug-likeness (QED) is 0.751. The molecule has 0 fully saturated rings. The highest BCUT2D eigenvalue weighted by Gasteiger charge is 2.09. The van der Waals surface area contributed by atoms with Crippen molar-refractivity contribution in [2.45, 2.75) is 26.7 Å². The van der Waals surface area contributed by atoms with Crippen molar-refractivity contribution in [3.63, 3.8) is 0 Å². The zero-order chi connectivity index (χ0) is 11.4. The predicted molar refractivity (Wildman–Crippen MR) is 66.0 cm³/mol. The van der Waals surface area contributed by atoms with Crippen molar-refractivity contribution < 1.29 is 4.74 Å². The standard InChI is InChI=1S/C13H21NO/c1-6-14(4)11-7-8-13(15-5)12(9-11)10(2)3/h7-10H,6H2,1-5H3. The molecule has 0 saturated heterocycles. The average Bonchev–Trinajstić information content (AvgIpc) is 2.27. The molecule has 0 bridgehead atoms. The van der Waals surface area contributed by atoms with Gasteiger partial charge < -0.3 is 9.64 Å². The summed E-state index contributed by atoms with van der Waals surface area (Å²) >= 11 is 0. The number of ether oxygens (including phenoxy) is 1. The molecule has 0 saturated carbocycles. The number of anilines is 1. The smallest absolute Gasteiger partial charge is 0.122 e. The van der Waals surface area contributed by atoms with Crippen LogP contribution in [0.3, 0.4) is 0 Å². The Kier molecular flexibility index (Phi) is 4.01. The fourth-order valence-electron chi connectivity index (χ4n) is 1.59. The lowest BCUT2D eigenvalue weighted by Crippen LogP contribution is -2.16. The molecule has 84 valence electrons. The second kappa shape index (κ2) is 5.06. The van der Waals surface area contributed by atoms with Crippen LogP contribution in [-0.2, 0) is 0 Å². The first kappa shape index (κ1) is 11.9. The molecule has 0 spiro atoms. The second-order valence-electron chi connectivity index (χ2n) is 4.10. The van der Waals surface area contributed by atoms with E-state index in [2.05, 4.69) is 50.9 Å². The van der Waals surface area contributed by atoms with Gasteiger partial charge in [0.1, 0.15) is 5.75 Å². The Balaban J connectivity index is 3.10. The summed E-state index contributed by atoms with van der Waals surface area (Å²) in [5.74, 6) is 1.48. The van der Waals surface area contributed by atoms with Crippen LogP contribution in [0.25, 0.3) is 0 Å². The van der Waals surface area contributed by atoms with Crippen molar-refractivity contribution in [2.24, 2.45) is 0 Å². The Morgan fingerprint density at radius 2 is 2.00 bits per heavy atom. The van der Waals surface area contributed by atoms with E-state index in [9.17, 15) is 0 Å². The molecule has 0 aliphatic carbocycles. The Morgan fingerprint density at radius 3 is 2.47 bits per heavy atom. The molecule has 0 aliphatic rings. The van der Waals surface area contributed by atoms with Gasteiger partial charge >= 0.3 is 0 Å². The first-order valence-corrected chi connectivity index (χ1v) is 5.49. The molecule has 2 nitrogen and oxygen atoms in total. The maximum Gasteiger partial charge on any atom is 0.122 e. The molecule has 1 rings (SSSR count). The van der Waals surface area contributed by atoms with E-state index in [1.807, 2.05) is 0 Å². The highest BCUT2D eigenvalue weighted by molar-refractivity contribution is 5.53. The van der Waals surface area contributed by atoms with Crippen LogP contribution in [0, 0.1) is 0 Å². The number of hydrogen-bond acceptors (Lipinski definition) is 2. The van der Waals surface area contributed by atoms with Gasteiger partial charge in [0, 0.05) is 19.3 Å². The molecule has 2 heteroatoms. The predicted octanol–water partition coefficient (Wildman–Crippen LogP) is 3.27. The van der Waals surface area contributed by atoms with Crippen LogP contribution in [-0.4, -0.2) is 20.7 Å². The molecule has 1 aromatic rings. The lowest BCUT2D eigenvalue weighted by atomic mass is 10.0. The summed E-state index contributed by atoms with van der Waals surface area (Å²) in [6.45, 7) is 7.55. The number of hydrogen-bond donors (Lipinski definition) is 0. The van der Waals surface area contributed by atoms with E-state index in [0.717, 1.165) is 12.3 Å². The van der Waals surface area contributed by atoms with Crippen LogP contribution >= 0.6 is 0 Å². The maximum absolute atomic E-state index is 5.36. The van der Waals surface area contributed by atoms with E-state index < -0.39 is 0 Å². The summed E-state index contributed by atoms with van der Waals surface area (Å²) < 4.78 is 5.36. The van der Waals surface area contributed by atoms with Crippen molar-refractivity contribution in [3.8, 4) is 5.75 Å². The van der Waals surface area contributed by atoms with Crippen LogP contribution in [0.2, 0.25) is 0 Å². The molecule has 0 heterocycles. The minimum atomic E-state index is 0.491. The third kappa shape index (κ3) is 2.65. The molecule has 0 amide bonds. The molecule has 0 unspecified atom stereocenters. The minimum Gasteiger partial charge on any atom is -0.496 e. The Labute approximate surface area is 92.9 Å². The first-order chi connectivity index (χ1) is 7.10. The highest BCUT2D eigenvalue weighted by atomic mass is 16.5. The van der Waals surface area contributed by atoms with Gasteiger partial charge in [0.25, 0.3) is 0 Å². The fourth-order valence-corrected chi connectivity index (χ4v) is 1.59. The number of benzene rings is 1. The second-order valence-corrected chi connectivity index (χ2v) is 4.10. The molecule has 0 aromatic heterocycles. The molecule has 1 aromatic carbocycles. The molecular formula is C13H21NO.